The Morgan fingerprint density at radius 1 is 1.35 bits per heavy atom. The van der Waals surface area contributed by atoms with Crippen LogP contribution in [0.3, 0.4) is 0 Å². The molecule has 1 aliphatic heterocycles. The Morgan fingerprint density at radius 3 is 2.50 bits per heavy atom. The van der Waals surface area contributed by atoms with Gasteiger partial charge in [0.2, 0.25) is 0 Å². The number of β-amino-alcohol motifs (C(OH)–C–C–N with tert-alkyl or cyclic N) is 1. The van der Waals surface area contributed by atoms with Crippen LogP contribution in [0.4, 0.5) is 0 Å². The summed E-state index contributed by atoms with van der Waals surface area (Å²) in [4.78, 5) is 31.1. The summed E-state index contributed by atoms with van der Waals surface area (Å²) in [6, 6.07) is 6.25. The summed E-state index contributed by atoms with van der Waals surface area (Å²) in [5.74, 6) is -0.296. The lowest BCUT2D eigenvalue weighted by Crippen LogP contribution is -2.50. The maximum absolute atomic E-state index is 13.1. The quantitative estimate of drug-likeness (QED) is 0.161. The SMILES string of the molecule is CC(C)(C)N(CC(O)COC(=N)/C(=N\S)N1CCOCC1)C(=O)c1ccc(CO[N+](=O)[O-])cc1. The van der Waals surface area contributed by atoms with Gasteiger partial charge < -0.3 is 29.2 Å². The predicted molar refractivity (Wildman–Crippen MR) is 128 cm³/mol. The Balaban J connectivity index is 1.99. The van der Waals surface area contributed by atoms with E-state index in [1.165, 1.54) is 4.90 Å². The Morgan fingerprint density at radius 2 is 1.97 bits per heavy atom. The molecule has 12 nitrogen and oxygen atoms in total. The van der Waals surface area contributed by atoms with Crippen LogP contribution in [-0.4, -0.2) is 88.7 Å². The van der Waals surface area contributed by atoms with Crippen molar-refractivity contribution in [3.63, 3.8) is 0 Å². The Hall–Kier alpha value is -2.90. The van der Waals surface area contributed by atoms with E-state index in [1.54, 1.807) is 24.3 Å². The molecule has 1 aliphatic rings. The summed E-state index contributed by atoms with van der Waals surface area (Å²) in [5, 5.41) is 28.2. The topological polar surface area (TPSA) is 151 Å². The highest BCUT2D eigenvalue weighted by Crippen LogP contribution is 2.19. The van der Waals surface area contributed by atoms with Crippen molar-refractivity contribution >= 4 is 30.5 Å². The first-order valence-electron chi connectivity index (χ1n) is 10.7. The fourth-order valence-corrected chi connectivity index (χ4v) is 3.44. The molecule has 1 aromatic rings. The fraction of sp³-hybridized carbons (Fsp3) is 0.571. The third-order valence-corrected chi connectivity index (χ3v) is 5.20. The summed E-state index contributed by atoms with van der Waals surface area (Å²) in [6.07, 6.45) is -1.07. The second kappa shape index (κ2) is 12.5. The van der Waals surface area contributed by atoms with Gasteiger partial charge in [-0.15, -0.1) is 10.1 Å². The van der Waals surface area contributed by atoms with Crippen molar-refractivity contribution in [2.24, 2.45) is 4.40 Å². The number of nitrogens with zero attached hydrogens (tertiary/aromatic N) is 4. The van der Waals surface area contributed by atoms with E-state index in [-0.39, 0.29) is 37.4 Å². The van der Waals surface area contributed by atoms with Gasteiger partial charge in [0, 0.05) is 24.2 Å². The maximum atomic E-state index is 13.1. The summed E-state index contributed by atoms with van der Waals surface area (Å²) < 4.78 is 14.6. The average Bonchev–Trinajstić information content (AvgIpc) is 2.80. The van der Waals surface area contributed by atoms with Crippen LogP contribution >= 0.6 is 12.8 Å². The van der Waals surface area contributed by atoms with Crippen LogP contribution in [-0.2, 0) is 20.9 Å². The van der Waals surface area contributed by atoms with Crippen LogP contribution < -0.4 is 0 Å². The van der Waals surface area contributed by atoms with Crippen molar-refractivity contribution < 1.29 is 29.3 Å². The molecule has 2 N–H and O–H groups in total. The highest BCUT2D eigenvalue weighted by Gasteiger charge is 2.30. The number of carbonyl (C=O) groups excluding carboxylic acids is 1. The van der Waals surface area contributed by atoms with Crippen LogP contribution in [0.25, 0.3) is 0 Å². The molecule has 0 radical (unpaired) electrons. The number of nitrogens with one attached hydrogen (secondary N) is 1. The monoisotopic (exact) mass is 497 g/mol. The van der Waals surface area contributed by atoms with E-state index >= 15 is 0 Å². The summed E-state index contributed by atoms with van der Waals surface area (Å²) in [5.41, 5.74) is 0.284. The number of hydrogen-bond acceptors (Lipinski definition) is 10. The number of amidine groups is 1. The van der Waals surface area contributed by atoms with Crippen LogP contribution in [0.1, 0.15) is 36.7 Å². The Kier molecular flexibility index (Phi) is 10.1. The molecule has 2 rings (SSSR count). The summed E-state index contributed by atoms with van der Waals surface area (Å²) in [7, 11) is 0. The molecular formula is C21H31N5O7S. The Bertz CT molecular complexity index is 882. The molecule has 1 heterocycles. The van der Waals surface area contributed by atoms with Crippen molar-refractivity contribution in [2.75, 3.05) is 39.5 Å². The van der Waals surface area contributed by atoms with Crippen LogP contribution in [0.5, 0.6) is 0 Å². The number of benzene rings is 1. The first kappa shape index (κ1) is 27.3. The van der Waals surface area contributed by atoms with E-state index in [2.05, 4.69) is 22.1 Å². The zero-order chi connectivity index (χ0) is 25.3. The lowest BCUT2D eigenvalue weighted by molar-refractivity contribution is -0.763. The van der Waals surface area contributed by atoms with Gasteiger partial charge in [-0.25, -0.2) is 0 Å². The molecule has 1 atom stereocenters. The third kappa shape index (κ3) is 8.15. The lowest BCUT2D eigenvalue weighted by atomic mass is 10.0. The van der Waals surface area contributed by atoms with Crippen molar-refractivity contribution in [2.45, 2.75) is 39.0 Å². The molecule has 0 saturated carbocycles. The number of hydrogen-bond donors (Lipinski definition) is 3. The first-order valence-corrected chi connectivity index (χ1v) is 11.1. The van der Waals surface area contributed by atoms with Gasteiger partial charge in [0.05, 0.1) is 19.8 Å². The second-order valence-electron chi connectivity index (χ2n) is 8.60. The molecule has 0 aromatic heterocycles. The van der Waals surface area contributed by atoms with Gasteiger partial charge >= 0.3 is 0 Å². The van der Waals surface area contributed by atoms with Crippen molar-refractivity contribution in [3.8, 4) is 0 Å². The normalized spacial score (nSPS) is 15.4. The molecule has 0 spiro atoms. The number of morpholine rings is 1. The van der Waals surface area contributed by atoms with Crippen LogP contribution in [0, 0.1) is 15.5 Å². The number of thiol groups is 1. The van der Waals surface area contributed by atoms with Crippen molar-refractivity contribution in [1.29, 1.82) is 5.41 Å². The van der Waals surface area contributed by atoms with Gasteiger partial charge in [-0.1, -0.05) is 12.1 Å². The molecule has 34 heavy (non-hydrogen) atoms. The molecule has 1 fully saturated rings. The molecule has 1 aromatic carbocycles. The van der Waals surface area contributed by atoms with Gasteiger partial charge in [-0.05, 0) is 51.3 Å². The third-order valence-electron chi connectivity index (χ3n) is 5.01. The van der Waals surface area contributed by atoms with Crippen molar-refractivity contribution in [1.82, 2.24) is 9.80 Å². The molecule has 1 unspecified atom stereocenters. The molecule has 0 bridgehead atoms. The lowest BCUT2D eigenvalue weighted by Gasteiger charge is -2.37. The number of aliphatic hydroxyl groups excluding tert-OH is 1. The van der Waals surface area contributed by atoms with Crippen LogP contribution in [0.15, 0.2) is 28.7 Å². The standard InChI is InChI=1S/C21H31N5O7S/c1-21(2,3)25(20(28)16-6-4-15(5-7-16)13-33-26(29)30)12-17(27)14-32-18(22)19(23-34)24-8-10-31-11-9-24/h4-7,17,22,27,34H,8-14H2,1-3H3/b22-18?,23-19+. The fourth-order valence-electron chi connectivity index (χ4n) is 3.22. The number of ether oxygens (including phenoxy) is 2. The largest absolute Gasteiger partial charge is 0.473 e. The van der Waals surface area contributed by atoms with Gasteiger partial charge in [0.15, 0.2) is 5.84 Å². The minimum absolute atomic E-state index is 0.0350. The molecule has 0 aliphatic carbocycles. The first-order chi connectivity index (χ1) is 16.0. The smallest absolute Gasteiger partial charge is 0.294 e. The zero-order valence-corrected chi connectivity index (χ0v) is 20.4. The summed E-state index contributed by atoms with van der Waals surface area (Å²) in [6.45, 7) is 7.17. The van der Waals surface area contributed by atoms with Crippen LogP contribution in [0.2, 0.25) is 0 Å². The van der Waals surface area contributed by atoms with E-state index in [4.69, 9.17) is 14.9 Å². The number of aliphatic hydroxyl groups is 1. The van der Waals surface area contributed by atoms with E-state index in [1.807, 2.05) is 25.7 Å². The van der Waals surface area contributed by atoms with E-state index in [0.717, 1.165) is 0 Å². The maximum Gasteiger partial charge on any atom is 0.294 e. The molecule has 1 saturated heterocycles. The molecule has 13 heteroatoms. The summed E-state index contributed by atoms with van der Waals surface area (Å²) >= 11 is 3.93. The van der Waals surface area contributed by atoms with Gasteiger partial charge in [0.25, 0.3) is 16.9 Å². The molecular weight excluding hydrogens is 466 g/mol. The van der Waals surface area contributed by atoms with Gasteiger partial charge in [-0.2, -0.15) is 4.40 Å². The molecule has 188 valence electrons. The number of rotatable bonds is 8. The average molecular weight is 498 g/mol. The van der Waals surface area contributed by atoms with E-state index in [0.29, 0.717) is 37.4 Å². The number of amides is 1. The minimum atomic E-state index is -1.07. The predicted octanol–water partition coefficient (Wildman–Crippen LogP) is 1.57. The van der Waals surface area contributed by atoms with Crippen molar-refractivity contribution in [3.05, 3.63) is 45.5 Å². The van der Waals surface area contributed by atoms with E-state index in [9.17, 15) is 20.0 Å². The van der Waals surface area contributed by atoms with Gasteiger partial charge in [-0.3, -0.25) is 10.2 Å². The highest BCUT2D eigenvalue weighted by molar-refractivity contribution is 7.79. The Labute approximate surface area is 203 Å². The second-order valence-corrected chi connectivity index (χ2v) is 8.80. The minimum Gasteiger partial charge on any atom is -0.473 e. The van der Waals surface area contributed by atoms with E-state index < -0.39 is 16.7 Å². The number of carbonyl (C=O) groups is 1. The zero-order valence-electron chi connectivity index (χ0n) is 19.5. The van der Waals surface area contributed by atoms with Gasteiger partial charge in [0.1, 0.15) is 19.3 Å². The highest BCUT2D eigenvalue weighted by atomic mass is 32.1. The molecule has 1 amide bonds.